The van der Waals surface area contributed by atoms with E-state index in [1.807, 2.05) is 0 Å². The Morgan fingerprint density at radius 1 is 1.38 bits per heavy atom. The number of hydrogen-bond acceptors (Lipinski definition) is 8. The first-order chi connectivity index (χ1) is 11.6. The van der Waals surface area contributed by atoms with Crippen LogP contribution in [0.15, 0.2) is 29.0 Å². The first-order valence-electron chi connectivity index (χ1n) is 6.83. The zero-order valence-corrected chi connectivity index (χ0v) is 12.8. The van der Waals surface area contributed by atoms with Crippen molar-refractivity contribution >= 4 is 11.9 Å². The zero-order valence-electron chi connectivity index (χ0n) is 12.8. The number of carbonyl (C=O) groups excluding carboxylic acids is 2. The summed E-state index contributed by atoms with van der Waals surface area (Å²) in [5.41, 5.74) is 1.44. The van der Waals surface area contributed by atoms with E-state index in [1.54, 1.807) is 24.0 Å². The standard InChI is InChI=1S/C14H13N5O5/c1-19-11(3-4-16-19)12-9(6-15-17-12)13(20)23-7-8-5-10(18-24-8)14(21)22-2/h3-6H,7H2,1-2H3,(H,15,17). The Labute approximate surface area is 135 Å². The van der Waals surface area contributed by atoms with Crippen molar-refractivity contribution in [2.45, 2.75) is 6.61 Å². The number of methoxy groups -OCH3 is 1. The molecule has 0 aliphatic rings. The van der Waals surface area contributed by atoms with Gasteiger partial charge in [-0.15, -0.1) is 0 Å². The predicted octanol–water partition coefficient (Wildman–Crippen LogP) is 0.942. The lowest BCUT2D eigenvalue weighted by molar-refractivity contribution is 0.0436. The molecule has 3 heterocycles. The molecule has 10 heteroatoms. The number of rotatable bonds is 5. The van der Waals surface area contributed by atoms with E-state index in [4.69, 9.17) is 9.26 Å². The molecular formula is C14H13N5O5. The van der Waals surface area contributed by atoms with Gasteiger partial charge in [0.25, 0.3) is 0 Å². The van der Waals surface area contributed by atoms with Gasteiger partial charge in [-0.2, -0.15) is 10.2 Å². The van der Waals surface area contributed by atoms with Gasteiger partial charge >= 0.3 is 11.9 Å². The summed E-state index contributed by atoms with van der Waals surface area (Å²) in [6.07, 6.45) is 2.97. The highest BCUT2D eigenvalue weighted by molar-refractivity contribution is 5.95. The summed E-state index contributed by atoms with van der Waals surface area (Å²) in [5, 5.41) is 14.2. The maximum atomic E-state index is 12.2. The SMILES string of the molecule is COC(=O)c1cc(COC(=O)c2cn[nH]c2-c2ccnn2C)on1. The van der Waals surface area contributed by atoms with Crippen LogP contribution in [0.4, 0.5) is 0 Å². The molecule has 124 valence electrons. The highest BCUT2D eigenvalue weighted by atomic mass is 16.6. The number of ether oxygens (including phenoxy) is 2. The molecule has 0 aliphatic heterocycles. The third kappa shape index (κ3) is 2.89. The molecule has 3 rings (SSSR count). The number of aryl methyl sites for hydroxylation is 1. The molecule has 3 aromatic heterocycles. The van der Waals surface area contributed by atoms with Gasteiger partial charge in [0, 0.05) is 19.3 Å². The average molecular weight is 331 g/mol. The van der Waals surface area contributed by atoms with Crippen LogP contribution < -0.4 is 0 Å². The van der Waals surface area contributed by atoms with Crippen molar-refractivity contribution in [2.75, 3.05) is 7.11 Å². The van der Waals surface area contributed by atoms with Crippen LogP contribution in [0.3, 0.4) is 0 Å². The minimum atomic E-state index is -0.635. The van der Waals surface area contributed by atoms with Crippen LogP contribution in [0.5, 0.6) is 0 Å². The van der Waals surface area contributed by atoms with Crippen LogP contribution in [-0.2, 0) is 23.1 Å². The van der Waals surface area contributed by atoms with E-state index in [-0.39, 0.29) is 23.6 Å². The average Bonchev–Trinajstić information content (AvgIpc) is 3.31. The summed E-state index contributed by atoms with van der Waals surface area (Å²) in [7, 11) is 2.98. The van der Waals surface area contributed by atoms with Crippen LogP contribution in [0.25, 0.3) is 11.4 Å². The van der Waals surface area contributed by atoms with Gasteiger partial charge in [-0.05, 0) is 6.07 Å². The number of nitrogens with zero attached hydrogens (tertiary/aromatic N) is 4. The summed E-state index contributed by atoms with van der Waals surface area (Å²) in [4.78, 5) is 23.5. The number of aromatic amines is 1. The third-order valence-electron chi connectivity index (χ3n) is 3.24. The summed E-state index contributed by atoms with van der Waals surface area (Å²) in [6.45, 7) is -0.182. The summed E-state index contributed by atoms with van der Waals surface area (Å²) >= 11 is 0. The van der Waals surface area contributed by atoms with Crippen molar-refractivity contribution in [3.63, 3.8) is 0 Å². The number of aromatic nitrogens is 5. The van der Waals surface area contributed by atoms with Gasteiger partial charge in [0.05, 0.1) is 24.7 Å². The maximum absolute atomic E-state index is 12.2. The Balaban J connectivity index is 1.70. The number of esters is 2. The fourth-order valence-electron chi connectivity index (χ4n) is 2.05. The Morgan fingerprint density at radius 3 is 2.92 bits per heavy atom. The molecule has 0 fully saturated rings. The zero-order chi connectivity index (χ0) is 17.1. The molecular weight excluding hydrogens is 318 g/mol. The second kappa shape index (κ2) is 6.36. The lowest BCUT2D eigenvalue weighted by Crippen LogP contribution is -2.06. The molecule has 10 nitrogen and oxygen atoms in total. The van der Waals surface area contributed by atoms with Crippen LogP contribution >= 0.6 is 0 Å². The van der Waals surface area contributed by atoms with Gasteiger partial charge in [0.2, 0.25) is 0 Å². The molecule has 24 heavy (non-hydrogen) atoms. The molecule has 0 unspecified atom stereocenters. The van der Waals surface area contributed by atoms with Crippen molar-refractivity contribution < 1.29 is 23.6 Å². The first kappa shape index (κ1) is 15.5. The minimum absolute atomic E-state index is 0.00225. The fraction of sp³-hybridized carbons (Fsp3) is 0.214. The molecule has 0 saturated carbocycles. The maximum Gasteiger partial charge on any atom is 0.360 e. The molecule has 0 atom stereocenters. The van der Waals surface area contributed by atoms with E-state index in [9.17, 15) is 9.59 Å². The second-order valence-electron chi connectivity index (χ2n) is 4.74. The largest absolute Gasteiger partial charge is 0.464 e. The molecule has 0 amide bonds. The predicted molar refractivity (Wildman–Crippen MR) is 77.8 cm³/mol. The van der Waals surface area contributed by atoms with Crippen LogP contribution in [0.1, 0.15) is 26.6 Å². The van der Waals surface area contributed by atoms with Crippen molar-refractivity contribution in [3.8, 4) is 11.4 Å². The van der Waals surface area contributed by atoms with Crippen molar-refractivity contribution in [1.29, 1.82) is 0 Å². The summed E-state index contributed by atoms with van der Waals surface area (Å²) in [5.74, 6) is -1.02. The van der Waals surface area contributed by atoms with E-state index < -0.39 is 11.9 Å². The molecule has 0 aromatic carbocycles. The van der Waals surface area contributed by atoms with Crippen LogP contribution in [-0.4, -0.2) is 44.2 Å². The van der Waals surface area contributed by atoms with E-state index >= 15 is 0 Å². The van der Waals surface area contributed by atoms with Crippen molar-refractivity contribution in [2.24, 2.45) is 7.05 Å². The van der Waals surface area contributed by atoms with E-state index in [2.05, 4.69) is 25.2 Å². The van der Waals surface area contributed by atoms with E-state index in [0.29, 0.717) is 11.4 Å². The molecule has 0 radical (unpaired) electrons. The van der Waals surface area contributed by atoms with Gasteiger partial charge in [0.15, 0.2) is 18.1 Å². The Hall–Kier alpha value is -3.43. The topological polar surface area (TPSA) is 125 Å². The van der Waals surface area contributed by atoms with E-state index in [1.165, 1.54) is 19.4 Å². The molecule has 3 aromatic rings. The van der Waals surface area contributed by atoms with Gasteiger partial charge in [-0.25, -0.2) is 9.59 Å². The first-order valence-corrected chi connectivity index (χ1v) is 6.83. The van der Waals surface area contributed by atoms with Gasteiger partial charge in [-0.1, -0.05) is 5.16 Å². The smallest absolute Gasteiger partial charge is 0.360 e. The Kier molecular flexibility index (Phi) is 4.10. The Bertz CT molecular complexity index is 878. The highest BCUT2D eigenvalue weighted by Gasteiger charge is 2.20. The number of H-pyrrole nitrogens is 1. The lowest BCUT2D eigenvalue weighted by atomic mass is 10.2. The van der Waals surface area contributed by atoms with E-state index in [0.717, 1.165) is 0 Å². The van der Waals surface area contributed by atoms with Gasteiger partial charge in [0.1, 0.15) is 5.56 Å². The fourth-order valence-corrected chi connectivity index (χ4v) is 2.05. The summed E-state index contributed by atoms with van der Waals surface area (Å²) in [6, 6.07) is 3.08. The highest BCUT2D eigenvalue weighted by Crippen LogP contribution is 2.21. The summed E-state index contributed by atoms with van der Waals surface area (Å²) < 4.78 is 16.2. The Morgan fingerprint density at radius 2 is 2.21 bits per heavy atom. The molecule has 0 spiro atoms. The van der Waals surface area contributed by atoms with Crippen molar-refractivity contribution in [3.05, 3.63) is 41.5 Å². The molecule has 1 N–H and O–H groups in total. The van der Waals surface area contributed by atoms with Crippen LogP contribution in [0, 0.1) is 0 Å². The number of nitrogens with one attached hydrogen (secondary N) is 1. The van der Waals surface area contributed by atoms with Crippen molar-refractivity contribution in [1.82, 2.24) is 25.1 Å². The monoisotopic (exact) mass is 331 g/mol. The number of carbonyl (C=O) groups is 2. The number of hydrogen-bond donors (Lipinski definition) is 1. The lowest BCUT2D eigenvalue weighted by Gasteiger charge is -2.04. The van der Waals surface area contributed by atoms with Gasteiger partial charge in [-0.3, -0.25) is 9.78 Å². The molecule has 0 bridgehead atoms. The molecule has 0 aliphatic carbocycles. The quantitative estimate of drug-likeness (QED) is 0.685. The van der Waals surface area contributed by atoms with Gasteiger partial charge < -0.3 is 14.0 Å². The normalized spacial score (nSPS) is 10.6. The second-order valence-corrected chi connectivity index (χ2v) is 4.74. The minimum Gasteiger partial charge on any atom is -0.464 e. The molecule has 0 saturated heterocycles. The van der Waals surface area contributed by atoms with Crippen LogP contribution in [0.2, 0.25) is 0 Å². The third-order valence-corrected chi connectivity index (χ3v) is 3.24.